The molecule has 94 valence electrons. The molecule has 1 heterocycles. The fourth-order valence-corrected chi connectivity index (χ4v) is 3.73. The predicted molar refractivity (Wildman–Crippen MR) is 65.0 cm³/mol. The van der Waals surface area contributed by atoms with Crippen LogP contribution < -0.4 is 5.73 Å². The number of hydrogen-bond donors (Lipinski definition) is 2. The monoisotopic (exact) mass is 256 g/mol. The highest BCUT2D eigenvalue weighted by Crippen LogP contribution is 2.24. The quantitative estimate of drug-likeness (QED) is 0.747. The molecule has 0 bridgehead atoms. The van der Waals surface area contributed by atoms with Gasteiger partial charge in [0, 0.05) is 18.8 Å². The van der Waals surface area contributed by atoms with Gasteiger partial charge < -0.3 is 10.8 Å². The fraction of sp³-hybridized carbons (Fsp3) is 0.455. The molecule has 0 radical (unpaired) electrons. The van der Waals surface area contributed by atoms with E-state index in [0.717, 1.165) is 0 Å². The van der Waals surface area contributed by atoms with Gasteiger partial charge in [0.15, 0.2) is 0 Å². The van der Waals surface area contributed by atoms with Gasteiger partial charge in [-0.05, 0) is 37.1 Å². The maximum Gasteiger partial charge on any atom is 0.243 e. The van der Waals surface area contributed by atoms with Gasteiger partial charge in [-0.15, -0.1) is 0 Å². The summed E-state index contributed by atoms with van der Waals surface area (Å²) >= 11 is 0. The molecule has 0 saturated carbocycles. The van der Waals surface area contributed by atoms with Crippen molar-refractivity contribution in [1.82, 2.24) is 4.31 Å². The highest BCUT2D eigenvalue weighted by atomic mass is 32.2. The minimum atomic E-state index is -3.50. The summed E-state index contributed by atoms with van der Waals surface area (Å²) < 4.78 is 25.9. The summed E-state index contributed by atoms with van der Waals surface area (Å²) in [6.07, 6.45) is -0.0633. The molecule has 1 unspecified atom stereocenters. The first-order chi connectivity index (χ1) is 7.91. The van der Waals surface area contributed by atoms with Gasteiger partial charge in [0.05, 0.1) is 11.0 Å². The summed E-state index contributed by atoms with van der Waals surface area (Å²) in [5, 5.41) is 9.40. The number of β-amino-alcohol motifs (C(OH)–C–C–N with tert-alkyl or cyclic N) is 1. The molecule has 1 saturated heterocycles. The molecule has 3 N–H and O–H groups in total. The molecule has 1 aliphatic heterocycles. The van der Waals surface area contributed by atoms with Crippen LogP contribution in [-0.4, -0.2) is 37.0 Å². The summed E-state index contributed by atoms with van der Waals surface area (Å²) in [6, 6.07) is 4.73. The molecule has 1 aliphatic rings. The summed E-state index contributed by atoms with van der Waals surface area (Å²) in [5.41, 5.74) is 6.77. The van der Waals surface area contributed by atoms with Crippen molar-refractivity contribution < 1.29 is 13.5 Å². The summed E-state index contributed by atoms with van der Waals surface area (Å²) in [7, 11) is -3.50. The molecule has 2 rings (SSSR count). The Balaban J connectivity index is 2.38. The first-order valence-electron chi connectivity index (χ1n) is 5.45. The zero-order chi connectivity index (χ0) is 12.6. The molecule has 1 atom stereocenters. The Morgan fingerprint density at radius 1 is 1.47 bits per heavy atom. The van der Waals surface area contributed by atoms with Crippen molar-refractivity contribution in [3.63, 3.8) is 0 Å². The zero-order valence-corrected chi connectivity index (χ0v) is 10.4. The van der Waals surface area contributed by atoms with Crippen LogP contribution in [0.25, 0.3) is 0 Å². The molecule has 1 aromatic rings. The number of aliphatic hydroxyl groups excluding tert-OH is 1. The third-order valence-corrected chi connectivity index (χ3v) is 4.97. The first kappa shape index (κ1) is 12.3. The number of hydrogen-bond acceptors (Lipinski definition) is 4. The molecule has 17 heavy (non-hydrogen) atoms. The Hall–Kier alpha value is -1.11. The van der Waals surface area contributed by atoms with Gasteiger partial charge in [-0.1, -0.05) is 0 Å². The summed E-state index contributed by atoms with van der Waals surface area (Å²) in [4.78, 5) is 0.265. The Morgan fingerprint density at radius 2 is 2.18 bits per heavy atom. The van der Waals surface area contributed by atoms with Gasteiger partial charge in [-0.3, -0.25) is 0 Å². The van der Waals surface area contributed by atoms with E-state index in [1.165, 1.54) is 10.4 Å². The number of aryl methyl sites for hydroxylation is 1. The number of sulfonamides is 1. The van der Waals surface area contributed by atoms with Gasteiger partial charge in [0.25, 0.3) is 0 Å². The third-order valence-electron chi connectivity index (χ3n) is 2.94. The average molecular weight is 256 g/mol. The van der Waals surface area contributed by atoms with E-state index in [2.05, 4.69) is 0 Å². The molecule has 1 aromatic carbocycles. The van der Waals surface area contributed by atoms with Crippen LogP contribution in [0.5, 0.6) is 0 Å². The molecule has 0 spiro atoms. The topological polar surface area (TPSA) is 83.6 Å². The smallest absolute Gasteiger partial charge is 0.243 e. The van der Waals surface area contributed by atoms with Crippen LogP contribution in [0.2, 0.25) is 0 Å². The third kappa shape index (κ3) is 2.29. The molecule has 1 fully saturated rings. The normalized spacial score (nSPS) is 21.9. The van der Waals surface area contributed by atoms with Crippen molar-refractivity contribution in [2.75, 3.05) is 18.8 Å². The molecule has 0 aromatic heterocycles. The number of nitrogens with zero attached hydrogens (tertiary/aromatic N) is 1. The second-order valence-corrected chi connectivity index (χ2v) is 6.24. The van der Waals surface area contributed by atoms with E-state index in [-0.39, 0.29) is 11.4 Å². The molecule has 0 aliphatic carbocycles. The van der Waals surface area contributed by atoms with Crippen molar-refractivity contribution >= 4 is 15.7 Å². The lowest BCUT2D eigenvalue weighted by Gasteiger charge is -2.17. The predicted octanol–water partition coefficient (Wildman–Crippen LogP) is 0.333. The van der Waals surface area contributed by atoms with Crippen molar-refractivity contribution in [3.05, 3.63) is 23.8 Å². The van der Waals surface area contributed by atoms with Gasteiger partial charge in [0.2, 0.25) is 10.0 Å². The molecular formula is C11H16N2O3S. The van der Waals surface area contributed by atoms with Crippen LogP contribution in [0.3, 0.4) is 0 Å². The number of nitrogens with two attached hydrogens (primary N) is 1. The van der Waals surface area contributed by atoms with E-state index in [1.807, 2.05) is 0 Å². The Labute approximate surface area is 101 Å². The van der Waals surface area contributed by atoms with E-state index in [1.54, 1.807) is 19.1 Å². The summed E-state index contributed by atoms with van der Waals surface area (Å²) in [6.45, 7) is 2.26. The lowest BCUT2D eigenvalue weighted by Crippen LogP contribution is -2.30. The lowest BCUT2D eigenvalue weighted by atomic mass is 10.2. The first-order valence-corrected chi connectivity index (χ1v) is 6.89. The fourth-order valence-electron chi connectivity index (χ4n) is 2.03. The molecular weight excluding hydrogens is 240 g/mol. The van der Waals surface area contributed by atoms with E-state index < -0.39 is 16.1 Å². The minimum Gasteiger partial charge on any atom is -0.399 e. The summed E-state index contributed by atoms with van der Waals surface area (Å²) in [5.74, 6) is 0. The molecule has 0 amide bonds. The van der Waals surface area contributed by atoms with Gasteiger partial charge in [-0.25, -0.2) is 8.42 Å². The zero-order valence-electron chi connectivity index (χ0n) is 9.63. The van der Waals surface area contributed by atoms with Crippen molar-refractivity contribution in [1.29, 1.82) is 0 Å². The average Bonchev–Trinajstić information content (AvgIpc) is 2.64. The van der Waals surface area contributed by atoms with Gasteiger partial charge in [0.1, 0.15) is 0 Å². The van der Waals surface area contributed by atoms with Crippen LogP contribution in [0, 0.1) is 6.92 Å². The van der Waals surface area contributed by atoms with Crippen molar-refractivity contribution in [3.8, 4) is 0 Å². The van der Waals surface area contributed by atoms with Crippen LogP contribution in [0.15, 0.2) is 23.1 Å². The van der Waals surface area contributed by atoms with Gasteiger partial charge in [-0.2, -0.15) is 4.31 Å². The Bertz CT molecular complexity index is 528. The standard InChI is InChI=1S/C11H16N2O3S/c1-8-6-9(12)2-3-11(8)17(15,16)13-5-4-10(14)7-13/h2-3,6,10,14H,4-5,7,12H2,1H3. The van der Waals surface area contributed by atoms with Gasteiger partial charge >= 0.3 is 0 Å². The van der Waals surface area contributed by atoms with E-state index in [4.69, 9.17) is 5.73 Å². The van der Waals surface area contributed by atoms with Crippen molar-refractivity contribution in [2.24, 2.45) is 0 Å². The minimum absolute atomic E-state index is 0.173. The SMILES string of the molecule is Cc1cc(N)ccc1S(=O)(=O)N1CCC(O)C1. The van der Waals surface area contributed by atoms with Crippen molar-refractivity contribution in [2.45, 2.75) is 24.3 Å². The van der Waals surface area contributed by atoms with Crippen LogP contribution in [0.4, 0.5) is 5.69 Å². The lowest BCUT2D eigenvalue weighted by molar-refractivity contribution is 0.189. The van der Waals surface area contributed by atoms with E-state index in [9.17, 15) is 13.5 Å². The second-order valence-electron chi connectivity index (χ2n) is 4.33. The van der Waals surface area contributed by atoms with Crippen LogP contribution in [0.1, 0.15) is 12.0 Å². The number of aliphatic hydroxyl groups is 1. The second kappa shape index (κ2) is 4.29. The number of anilines is 1. The maximum absolute atomic E-state index is 12.3. The largest absolute Gasteiger partial charge is 0.399 e. The van der Waals surface area contributed by atoms with Crippen LogP contribution in [-0.2, 0) is 10.0 Å². The number of benzene rings is 1. The van der Waals surface area contributed by atoms with E-state index in [0.29, 0.717) is 24.2 Å². The highest BCUT2D eigenvalue weighted by Gasteiger charge is 2.32. The number of nitrogen functional groups attached to an aromatic ring is 1. The Kier molecular flexibility index (Phi) is 3.11. The maximum atomic E-state index is 12.3. The Morgan fingerprint density at radius 3 is 2.71 bits per heavy atom. The van der Waals surface area contributed by atoms with E-state index >= 15 is 0 Å². The number of rotatable bonds is 2. The van der Waals surface area contributed by atoms with Crippen LogP contribution >= 0.6 is 0 Å². The highest BCUT2D eigenvalue weighted by molar-refractivity contribution is 7.89. The molecule has 5 nitrogen and oxygen atoms in total. The molecule has 6 heteroatoms.